The third-order valence-electron chi connectivity index (χ3n) is 3.57. The fourth-order valence-corrected chi connectivity index (χ4v) is 2.41. The van der Waals surface area contributed by atoms with Gasteiger partial charge in [-0.3, -0.25) is 4.99 Å². The minimum atomic E-state index is -0.133. The van der Waals surface area contributed by atoms with Crippen molar-refractivity contribution in [1.82, 2.24) is 0 Å². The van der Waals surface area contributed by atoms with Gasteiger partial charge in [0.25, 0.3) is 0 Å². The highest BCUT2D eigenvalue weighted by Gasteiger charge is 2.21. The van der Waals surface area contributed by atoms with Gasteiger partial charge in [-0.25, -0.2) is 0 Å². The smallest absolute Gasteiger partial charge is 0.153 e. The van der Waals surface area contributed by atoms with Crippen LogP contribution in [0, 0.1) is 0 Å². The van der Waals surface area contributed by atoms with Gasteiger partial charge >= 0.3 is 0 Å². The molecule has 0 saturated heterocycles. The average Bonchev–Trinajstić information content (AvgIpc) is 2.53. The van der Waals surface area contributed by atoms with Gasteiger partial charge < -0.3 is 20.5 Å². The molecule has 0 spiro atoms. The molecule has 0 bridgehead atoms. The first-order valence-electron chi connectivity index (χ1n) is 7.17. The van der Waals surface area contributed by atoms with Gasteiger partial charge in [-0.05, 0) is 31.2 Å². The van der Waals surface area contributed by atoms with E-state index >= 15 is 0 Å². The number of nitrogens with two attached hydrogens (primary N) is 1. The maximum atomic E-state index is 5.86. The summed E-state index contributed by atoms with van der Waals surface area (Å²) in [5.41, 5.74) is 8.38. The molecule has 0 fully saturated rings. The summed E-state index contributed by atoms with van der Waals surface area (Å²) >= 11 is 0. The third-order valence-corrected chi connectivity index (χ3v) is 3.57. The Hall–Kier alpha value is -2.69. The minimum absolute atomic E-state index is 0.133. The number of para-hydroxylation sites is 1. The molecule has 1 unspecified atom stereocenters. The van der Waals surface area contributed by atoms with Crippen molar-refractivity contribution in [2.45, 2.75) is 19.6 Å². The first-order valence-corrected chi connectivity index (χ1v) is 7.17. The van der Waals surface area contributed by atoms with Gasteiger partial charge in [0.15, 0.2) is 6.10 Å². The predicted octanol–water partition coefficient (Wildman–Crippen LogP) is 3.07. The van der Waals surface area contributed by atoms with Crippen molar-refractivity contribution >= 4 is 17.2 Å². The molecule has 0 saturated carbocycles. The SMILES string of the molecule is COc1ccccc1CN=C1Nc2cc(N)ccc2OC1C. The number of ether oxygens (including phenoxy) is 2. The second-order valence-electron chi connectivity index (χ2n) is 5.15. The number of methoxy groups -OCH3 is 1. The van der Waals surface area contributed by atoms with Crippen molar-refractivity contribution in [3.8, 4) is 11.5 Å². The lowest BCUT2D eigenvalue weighted by molar-refractivity contribution is 0.282. The topological polar surface area (TPSA) is 68.9 Å². The lowest BCUT2D eigenvalue weighted by Crippen LogP contribution is -2.35. The van der Waals surface area contributed by atoms with Gasteiger partial charge in [0.2, 0.25) is 0 Å². The standard InChI is InChI=1S/C17H19N3O2/c1-11-17(19-10-12-5-3-4-6-15(12)21-2)20-14-9-13(18)7-8-16(14)22-11/h3-9,11H,10,18H2,1-2H3,(H,19,20). The summed E-state index contributed by atoms with van der Waals surface area (Å²) in [6.45, 7) is 2.49. The molecule has 3 N–H and O–H groups in total. The molecule has 5 heteroatoms. The summed E-state index contributed by atoms with van der Waals surface area (Å²) < 4.78 is 11.2. The van der Waals surface area contributed by atoms with Crippen molar-refractivity contribution in [1.29, 1.82) is 0 Å². The van der Waals surface area contributed by atoms with E-state index < -0.39 is 0 Å². The second kappa shape index (κ2) is 5.97. The Morgan fingerprint density at radius 2 is 2.09 bits per heavy atom. The van der Waals surface area contributed by atoms with Crippen LogP contribution in [0.15, 0.2) is 47.5 Å². The zero-order valence-corrected chi connectivity index (χ0v) is 12.7. The van der Waals surface area contributed by atoms with Crippen LogP contribution in [0.25, 0.3) is 0 Å². The van der Waals surface area contributed by atoms with Gasteiger partial charge in [0.05, 0.1) is 19.3 Å². The van der Waals surface area contributed by atoms with Crippen LogP contribution >= 0.6 is 0 Å². The number of rotatable bonds is 3. The summed E-state index contributed by atoms with van der Waals surface area (Å²) in [7, 11) is 1.66. The fourth-order valence-electron chi connectivity index (χ4n) is 2.41. The van der Waals surface area contributed by atoms with Gasteiger partial charge in [0.1, 0.15) is 17.3 Å². The Bertz CT molecular complexity index is 713. The molecule has 3 rings (SSSR count). The van der Waals surface area contributed by atoms with E-state index in [0.29, 0.717) is 12.2 Å². The molecular formula is C17H19N3O2. The van der Waals surface area contributed by atoms with Crippen LogP contribution < -0.4 is 20.5 Å². The zero-order valence-electron chi connectivity index (χ0n) is 12.7. The third kappa shape index (κ3) is 2.83. The average molecular weight is 297 g/mol. The molecule has 1 aliphatic heterocycles. The number of nitrogens with one attached hydrogen (secondary N) is 1. The highest BCUT2D eigenvalue weighted by molar-refractivity contribution is 6.02. The van der Waals surface area contributed by atoms with Crippen molar-refractivity contribution in [3.63, 3.8) is 0 Å². The maximum absolute atomic E-state index is 5.86. The Kier molecular flexibility index (Phi) is 3.87. The first-order chi connectivity index (χ1) is 10.7. The van der Waals surface area contributed by atoms with Crippen LogP contribution in [-0.4, -0.2) is 19.0 Å². The van der Waals surface area contributed by atoms with E-state index in [1.165, 1.54) is 0 Å². The lowest BCUT2D eigenvalue weighted by Gasteiger charge is -2.26. The number of anilines is 2. The molecule has 5 nitrogen and oxygen atoms in total. The largest absolute Gasteiger partial charge is 0.496 e. The molecule has 114 valence electrons. The Labute approximate surface area is 129 Å². The maximum Gasteiger partial charge on any atom is 0.153 e. The first kappa shape index (κ1) is 14.3. The summed E-state index contributed by atoms with van der Waals surface area (Å²) in [6.07, 6.45) is -0.133. The molecule has 2 aromatic rings. The molecule has 1 atom stereocenters. The van der Waals surface area contributed by atoms with Crippen LogP contribution in [0.3, 0.4) is 0 Å². The van der Waals surface area contributed by atoms with Crippen molar-refractivity contribution < 1.29 is 9.47 Å². The van der Waals surface area contributed by atoms with Gasteiger partial charge in [0, 0.05) is 11.3 Å². The van der Waals surface area contributed by atoms with E-state index in [9.17, 15) is 0 Å². The van der Waals surface area contributed by atoms with Crippen LogP contribution in [0.2, 0.25) is 0 Å². The van der Waals surface area contributed by atoms with Crippen LogP contribution in [0.5, 0.6) is 11.5 Å². The van der Waals surface area contributed by atoms with E-state index in [1.807, 2.05) is 49.4 Å². The lowest BCUT2D eigenvalue weighted by atomic mass is 10.2. The number of nitrogen functional groups attached to an aromatic ring is 1. The highest BCUT2D eigenvalue weighted by Crippen LogP contribution is 2.31. The summed E-state index contributed by atoms with van der Waals surface area (Å²) in [4.78, 5) is 4.63. The zero-order chi connectivity index (χ0) is 15.5. The molecular weight excluding hydrogens is 278 g/mol. The summed E-state index contributed by atoms with van der Waals surface area (Å²) in [5.74, 6) is 2.41. The number of hydrogen-bond donors (Lipinski definition) is 2. The minimum Gasteiger partial charge on any atom is -0.496 e. The predicted molar refractivity (Wildman–Crippen MR) is 88.7 cm³/mol. The van der Waals surface area contributed by atoms with Gasteiger partial charge in [-0.1, -0.05) is 18.2 Å². The Morgan fingerprint density at radius 3 is 2.91 bits per heavy atom. The summed E-state index contributed by atoms with van der Waals surface area (Å²) in [6, 6.07) is 13.4. The second-order valence-corrected chi connectivity index (χ2v) is 5.15. The van der Waals surface area contributed by atoms with Crippen molar-refractivity contribution in [3.05, 3.63) is 48.0 Å². The molecule has 0 aliphatic carbocycles. The van der Waals surface area contributed by atoms with Gasteiger partial charge in [-0.15, -0.1) is 0 Å². The number of aliphatic imine (C=N–C) groups is 1. The number of fused-ring (bicyclic) bond motifs is 1. The molecule has 22 heavy (non-hydrogen) atoms. The number of nitrogens with zero attached hydrogens (tertiary/aromatic N) is 1. The summed E-state index contributed by atoms with van der Waals surface area (Å²) in [5, 5.41) is 3.30. The highest BCUT2D eigenvalue weighted by atomic mass is 16.5. The van der Waals surface area contributed by atoms with Crippen LogP contribution in [0.4, 0.5) is 11.4 Å². The molecule has 0 radical (unpaired) electrons. The fraction of sp³-hybridized carbons (Fsp3) is 0.235. The molecule has 1 heterocycles. The van der Waals surface area contributed by atoms with E-state index in [0.717, 1.165) is 28.6 Å². The van der Waals surface area contributed by atoms with Crippen molar-refractivity contribution in [2.75, 3.05) is 18.2 Å². The number of amidine groups is 1. The van der Waals surface area contributed by atoms with E-state index in [2.05, 4.69) is 10.3 Å². The molecule has 0 aromatic heterocycles. The Balaban J connectivity index is 1.82. The quantitative estimate of drug-likeness (QED) is 0.854. The number of hydrogen-bond acceptors (Lipinski definition) is 4. The van der Waals surface area contributed by atoms with E-state index in [4.69, 9.17) is 15.2 Å². The van der Waals surface area contributed by atoms with Crippen LogP contribution in [-0.2, 0) is 6.54 Å². The molecule has 1 aliphatic rings. The normalized spacial score (nSPS) is 18.3. The molecule has 2 aromatic carbocycles. The number of benzene rings is 2. The van der Waals surface area contributed by atoms with Crippen molar-refractivity contribution in [2.24, 2.45) is 4.99 Å². The van der Waals surface area contributed by atoms with Gasteiger partial charge in [-0.2, -0.15) is 0 Å². The molecule has 0 amide bonds. The monoisotopic (exact) mass is 297 g/mol. The van der Waals surface area contributed by atoms with E-state index in [1.54, 1.807) is 7.11 Å². The van der Waals surface area contributed by atoms with E-state index in [-0.39, 0.29) is 6.10 Å². The van der Waals surface area contributed by atoms with Crippen LogP contribution in [0.1, 0.15) is 12.5 Å². The Morgan fingerprint density at radius 1 is 1.27 bits per heavy atom.